The molecule has 5 rings (SSSR count). The van der Waals surface area contributed by atoms with Crippen LogP contribution in [0.25, 0.3) is 0 Å². The van der Waals surface area contributed by atoms with Crippen LogP contribution in [0, 0.1) is 0 Å². The molecular weight excluding hydrogens is 450 g/mol. The van der Waals surface area contributed by atoms with Crippen LogP contribution in [0.15, 0.2) is 59.3 Å². The van der Waals surface area contributed by atoms with Gasteiger partial charge in [0.2, 0.25) is 11.8 Å². The Hall–Kier alpha value is -2.48. The highest BCUT2D eigenvalue weighted by molar-refractivity contribution is 7.10. The molecule has 1 saturated heterocycles. The summed E-state index contributed by atoms with van der Waals surface area (Å²) in [5.74, 6) is 0.314. The number of benzene rings is 1. The number of thiophene rings is 2. The van der Waals surface area contributed by atoms with E-state index in [1.54, 1.807) is 11.3 Å². The van der Waals surface area contributed by atoms with E-state index in [4.69, 9.17) is 0 Å². The zero-order chi connectivity index (χ0) is 22.8. The first-order valence-electron chi connectivity index (χ1n) is 11.5. The third-order valence-corrected chi connectivity index (χ3v) is 8.60. The number of nitrogens with zero attached hydrogens (tertiary/aromatic N) is 3. The first-order valence-corrected chi connectivity index (χ1v) is 13.3. The summed E-state index contributed by atoms with van der Waals surface area (Å²) in [6, 6.07) is 16.9. The molecule has 7 heteroatoms. The van der Waals surface area contributed by atoms with Crippen LogP contribution in [-0.4, -0.2) is 65.3 Å². The monoisotopic (exact) mass is 479 g/mol. The topological polar surface area (TPSA) is 43.9 Å². The van der Waals surface area contributed by atoms with Crippen molar-refractivity contribution in [3.63, 3.8) is 0 Å². The van der Waals surface area contributed by atoms with Crippen molar-refractivity contribution in [2.75, 3.05) is 32.7 Å². The van der Waals surface area contributed by atoms with Crippen molar-refractivity contribution in [1.29, 1.82) is 0 Å². The van der Waals surface area contributed by atoms with Gasteiger partial charge in [-0.1, -0.05) is 36.4 Å². The minimum atomic E-state index is 0.0323. The van der Waals surface area contributed by atoms with E-state index in [1.807, 2.05) is 44.7 Å². The lowest BCUT2D eigenvalue weighted by molar-refractivity contribution is -0.143. The fraction of sp³-hybridized carbons (Fsp3) is 0.385. The van der Waals surface area contributed by atoms with Gasteiger partial charge in [-0.3, -0.25) is 14.5 Å². The number of hydrogen-bond donors (Lipinski definition) is 0. The molecule has 1 aromatic carbocycles. The van der Waals surface area contributed by atoms with Gasteiger partial charge in [0, 0.05) is 42.0 Å². The summed E-state index contributed by atoms with van der Waals surface area (Å²) in [5.41, 5.74) is 2.57. The first kappa shape index (κ1) is 22.3. The average Bonchev–Trinajstić information content (AvgIpc) is 3.51. The number of fused-ring (bicyclic) bond motifs is 1. The lowest BCUT2D eigenvalue weighted by atomic mass is 9.93. The van der Waals surface area contributed by atoms with Crippen LogP contribution >= 0.6 is 22.7 Å². The summed E-state index contributed by atoms with van der Waals surface area (Å²) in [6.07, 6.45) is 1.44. The average molecular weight is 480 g/mol. The van der Waals surface area contributed by atoms with Gasteiger partial charge in [-0.25, -0.2) is 0 Å². The standard InChI is InChI=1S/C26H29N3O2S2/c1-19-17-27(12-13-29(19)24(30)16-21-8-5-14-32-21)25(31)18-28-11-9-23-22(10-15-33-23)26(28)20-6-3-2-4-7-20/h2-8,10,14-15,19,26H,9,11-13,16-18H2,1H3/t19-,26-/m0/s1. The predicted molar refractivity (Wildman–Crippen MR) is 134 cm³/mol. The van der Waals surface area contributed by atoms with Crippen molar-refractivity contribution >= 4 is 34.5 Å². The largest absolute Gasteiger partial charge is 0.338 e. The van der Waals surface area contributed by atoms with Gasteiger partial charge in [0.15, 0.2) is 0 Å². The molecule has 1 fully saturated rings. The quantitative estimate of drug-likeness (QED) is 0.554. The van der Waals surface area contributed by atoms with Crippen LogP contribution in [0.4, 0.5) is 0 Å². The maximum atomic E-state index is 13.4. The van der Waals surface area contributed by atoms with E-state index in [0.717, 1.165) is 17.8 Å². The minimum Gasteiger partial charge on any atom is -0.338 e. The Bertz CT molecular complexity index is 1100. The molecule has 0 radical (unpaired) electrons. The third-order valence-electron chi connectivity index (χ3n) is 6.73. The Morgan fingerprint density at radius 1 is 0.939 bits per heavy atom. The second-order valence-electron chi connectivity index (χ2n) is 8.86. The SMILES string of the molecule is C[C@H]1CN(C(=O)CN2CCc3sccc3[C@@H]2c2ccccc2)CCN1C(=O)Cc1cccs1. The number of carbonyl (C=O) groups excluding carboxylic acids is 2. The first-order chi connectivity index (χ1) is 16.1. The number of hydrogen-bond acceptors (Lipinski definition) is 5. The summed E-state index contributed by atoms with van der Waals surface area (Å²) >= 11 is 3.44. The lowest BCUT2D eigenvalue weighted by Gasteiger charge is -2.42. The summed E-state index contributed by atoms with van der Waals surface area (Å²) in [7, 11) is 0. The van der Waals surface area contributed by atoms with Gasteiger partial charge in [0.1, 0.15) is 0 Å². The van der Waals surface area contributed by atoms with Gasteiger partial charge >= 0.3 is 0 Å². The molecule has 5 nitrogen and oxygen atoms in total. The summed E-state index contributed by atoms with van der Waals surface area (Å²) in [5, 5.41) is 4.17. The molecule has 2 aromatic heterocycles. The number of rotatable bonds is 5. The Morgan fingerprint density at radius 3 is 2.55 bits per heavy atom. The zero-order valence-corrected chi connectivity index (χ0v) is 20.5. The highest BCUT2D eigenvalue weighted by Crippen LogP contribution is 2.37. The van der Waals surface area contributed by atoms with Crippen LogP contribution in [-0.2, 0) is 22.4 Å². The van der Waals surface area contributed by atoms with Gasteiger partial charge in [-0.15, -0.1) is 22.7 Å². The zero-order valence-electron chi connectivity index (χ0n) is 18.9. The Kier molecular flexibility index (Phi) is 6.62. The van der Waals surface area contributed by atoms with E-state index >= 15 is 0 Å². The molecule has 2 atom stereocenters. The fourth-order valence-electron chi connectivity index (χ4n) is 5.06. The van der Waals surface area contributed by atoms with E-state index in [-0.39, 0.29) is 23.9 Å². The maximum Gasteiger partial charge on any atom is 0.236 e. The number of carbonyl (C=O) groups is 2. The molecule has 172 valence electrons. The Balaban J connectivity index is 1.24. The molecule has 3 aromatic rings. The number of amides is 2. The Morgan fingerprint density at radius 2 is 1.79 bits per heavy atom. The summed E-state index contributed by atoms with van der Waals surface area (Å²) in [4.78, 5) is 34.9. The third kappa shape index (κ3) is 4.76. The van der Waals surface area contributed by atoms with Gasteiger partial charge in [0.25, 0.3) is 0 Å². The molecule has 4 heterocycles. The van der Waals surface area contributed by atoms with Crippen molar-refractivity contribution in [3.05, 3.63) is 80.2 Å². The van der Waals surface area contributed by atoms with Gasteiger partial charge in [-0.2, -0.15) is 0 Å². The van der Waals surface area contributed by atoms with Crippen molar-refractivity contribution < 1.29 is 9.59 Å². The lowest BCUT2D eigenvalue weighted by Crippen LogP contribution is -2.57. The molecule has 0 bridgehead atoms. The minimum absolute atomic E-state index is 0.0323. The Labute approximate surface area is 203 Å². The number of piperazine rings is 1. The van der Waals surface area contributed by atoms with E-state index in [2.05, 4.69) is 47.5 Å². The van der Waals surface area contributed by atoms with E-state index in [0.29, 0.717) is 32.6 Å². The molecule has 2 aliphatic heterocycles. The molecule has 2 aliphatic rings. The summed E-state index contributed by atoms with van der Waals surface area (Å²) < 4.78 is 0. The van der Waals surface area contributed by atoms with Gasteiger partial charge in [-0.05, 0) is 47.4 Å². The van der Waals surface area contributed by atoms with Crippen molar-refractivity contribution in [2.24, 2.45) is 0 Å². The van der Waals surface area contributed by atoms with E-state index in [1.165, 1.54) is 16.0 Å². The highest BCUT2D eigenvalue weighted by atomic mass is 32.1. The molecular formula is C26H29N3O2S2. The molecule has 0 unspecified atom stereocenters. The van der Waals surface area contributed by atoms with Crippen molar-refractivity contribution in [1.82, 2.24) is 14.7 Å². The van der Waals surface area contributed by atoms with Crippen molar-refractivity contribution in [2.45, 2.75) is 31.8 Å². The van der Waals surface area contributed by atoms with E-state index < -0.39 is 0 Å². The van der Waals surface area contributed by atoms with Crippen LogP contribution in [0.1, 0.15) is 33.8 Å². The normalized spacial score (nSPS) is 21.1. The molecule has 33 heavy (non-hydrogen) atoms. The van der Waals surface area contributed by atoms with Gasteiger partial charge in [0.05, 0.1) is 19.0 Å². The van der Waals surface area contributed by atoms with Crippen LogP contribution < -0.4 is 0 Å². The van der Waals surface area contributed by atoms with Crippen LogP contribution in [0.5, 0.6) is 0 Å². The van der Waals surface area contributed by atoms with Crippen LogP contribution in [0.2, 0.25) is 0 Å². The molecule has 0 aliphatic carbocycles. The summed E-state index contributed by atoms with van der Waals surface area (Å²) in [6.45, 7) is 5.15. The highest BCUT2D eigenvalue weighted by Gasteiger charge is 2.34. The molecule has 0 saturated carbocycles. The molecule has 0 N–H and O–H groups in total. The molecule has 2 amide bonds. The van der Waals surface area contributed by atoms with E-state index in [9.17, 15) is 9.59 Å². The van der Waals surface area contributed by atoms with Gasteiger partial charge < -0.3 is 9.80 Å². The van der Waals surface area contributed by atoms with Crippen LogP contribution in [0.3, 0.4) is 0 Å². The second kappa shape index (κ2) is 9.79. The predicted octanol–water partition coefficient (Wildman–Crippen LogP) is 4.06. The fourth-order valence-corrected chi connectivity index (χ4v) is 6.66. The maximum absolute atomic E-state index is 13.4. The second-order valence-corrected chi connectivity index (χ2v) is 10.9. The molecule has 0 spiro atoms. The smallest absolute Gasteiger partial charge is 0.236 e. The van der Waals surface area contributed by atoms with Crippen molar-refractivity contribution in [3.8, 4) is 0 Å².